The number of hydrogen-bond acceptors (Lipinski definition) is 3. The summed E-state index contributed by atoms with van der Waals surface area (Å²) in [5.74, 6) is 0.315. The lowest BCUT2D eigenvalue weighted by Gasteiger charge is -2.19. The highest BCUT2D eigenvalue weighted by Crippen LogP contribution is 2.44. The number of carbonyl (C=O) groups is 1. The summed E-state index contributed by atoms with van der Waals surface area (Å²) in [6.45, 7) is 0.887. The highest BCUT2D eigenvalue weighted by Gasteiger charge is 2.29. The Morgan fingerprint density at radius 2 is 1.50 bits per heavy atom. The molecule has 4 rings (SSSR count). The Kier molecular flexibility index (Phi) is 5.02. The molecular formula is C24H23NO3. The van der Waals surface area contributed by atoms with Gasteiger partial charge in [-0.2, -0.15) is 0 Å². The van der Waals surface area contributed by atoms with E-state index in [1.54, 1.807) is 24.1 Å². The Morgan fingerprint density at radius 3 is 2.11 bits per heavy atom. The zero-order chi connectivity index (χ0) is 19.5. The molecule has 0 radical (unpaired) electrons. The van der Waals surface area contributed by atoms with E-state index >= 15 is 0 Å². The normalized spacial score (nSPS) is 12.3. The number of hydrogen-bond donors (Lipinski definition) is 1. The number of likely N-dealkylation sites (N-methyl/N-ethyl adjacent to an activating group) is 1. The molecule has 0 atom stereocenters. The molecule has 0 aromatic heterocycles. The molecule has 0 aliphatic heterocycles. The van der Waals surface area contributed by atoms with Crippen LogP contribution in [-0.2, 0) is 11.2 Å². The van der Waals surface area contributed by atoms with Gasteiger partial charge in [0.25, 0.3) is 0 Å². The second-order valence-electron chi connectivity index (χ2n) is 7.14. The van der Waals surface area contributed by atoms with Crippen molar-refractivity contribution in [2.45, 2.75) is 12.3 Å². The highest BCUT2D eigenvalue weighted by atomic mass is 16.6. The third-order valence-electron chi connectivity index (χ3n) is 5.32. The first-order chi connectivity index (χ1) is 13.6. The molecule has 3 aromatic rings. The van der Waals surface area contributed by atoms with Gasteiger partial charge in [0, 0.05) is 19.5 Å². The Bertz CT molecular complexity index is 936. The second-order valence-corrected chi connectivity index (χ2v) is 7.14. The van der Waals surface area contributed by atoms with Crippen molar-refractivity contribution in [1.82, 2.24) is 4.90 Å². The summed E-state index contributed by atoms with van der Waals surface area (Å²) in [5.41, 5.74) is 5.93. The van der Waals surface area contributed by atoms with Crippen LogP contribution in [0.1, 0.15) is 22.6 Å². The minimum atomic E-state index is -0.319. The Hall–Kier alpha value is -3.27. The Labute approximate surface area is 165 Å². The zero-order valence-corrected chi connectivity index (χ0v) is 15.8. The molecule has 1 aliphatic carbocycles. The maximum absolute atomic E-state index is 12.5. The van der Waals surface area contributed by atoms with Gasteiger partial charge in [0.15, 0.2) is 0 Å². The summed E-state index contributed by atoms with van der Waals surface area (Å²) in [6.07, 6.45) is 0.390. The fraction of sp³-hybridized carbons (Fsp3) is 0.208. The van der Waals surface area contributed by atoms with E-state index in [1.165, 1.54) is 22.3 Å². The average Bonchev–Trinajstić information content (AvgIpc) is 3.05. The molecule has 0 heterocycles. The van der Waals surface area contributed by atoms with Gasteiger partial charge in [-0.1, -0.05) is 60.7 Å². The van der Waals surface area contributed by atoms with Crippen LogP contribution >= 0.6 is 0 Å². The number of carbonyl (C=O) groups excluding carboxylic acids is 1. The van der Waals surface area contributed by atoms with Gasteiger partial charge in [0.2, 0.25) is 0 Å². The Balaban J connectivity index is 1.38. The van der Waals surface area contributed by atoms with Crippen molar-refractivity contribution in [1.29, 1.82) is 0 Å². The second kappa shape index (κ2) is 7.77. The number of phenols is 1. The van der Waals surface area contributed by atoms with Crippen molar-refractivity contribution in [3.8, 4) is 16.9 Å². The van der Waals surface area contributed by atoms with E-state index in [0.717, 1.165) is 5.56 Å². The van der Waals surface area contributed by atoms with Crippen LogP contribution in [0.25, 0.3) is 11.1 Å². The van der Waals surface area contributed by atoms with Gasteiger partial charge in [0.05, 0.1) is 0 Å². The standard InChI is InChI=1S/C24H23NO3/c1-25(15-14-17-10-12-18(26)13-11-17)24(27)28-16-23-21-8-4-2-6-19(21)20-7-3-5-9-22(20)23/h2-13,23,26H,14-16H2,1H3. The molecule has 4 nitrogen and oxygen atoms in total. The predicted octanol–water partition coefficient (Wildman–Crippen LogP) is 4.82. The largest absolute Gasteiger partial charge is 0.508 e. The van der Waals surface area contributed by atoms with E-state index in [0.29, 0.717) is 19.6 Å². The molecule has 0 unspecified atom stereocenters. The minimum Gasteiger partial charge on any atom is -0.508 e. The van der Waals surface area contributed by atoms with Gasteiger partial charge in [-0.25, -0.2) is 4.79 Å². The maximum Gasteiger partial charge on any atom is 0.409 e. The molecule has 0 saturated heterocycles. The van der Waals surface area contributed by atoms with Gasteiger partial charge < -0.3 is 14.7 Å². The van der Waals surface area contributed by atoms with Crippen LogP contribution in [0.2, 0.25) is 0 Å². The molecule has 1 N–H and O–H groups in total. The lowest BCUT2D eigenvalue weighted by atomic mass is 9.98. The summed E-state index contributed by atoms with van der Waals surface area (Å²) >= 11 is 0. The fourth-order valence-corrected chi connectivity index (χ4v) is 3.75. The number of nitrogens with zero attached hydrogens (tertiary/aromatic N) is 1. The third-order valence-corrected chi connectivity index (χ3v) is 5.32. The molecule has 0 spiro atoms. The number of rotatable bonds is 5. The van der Waals surface area contributed by atoms with E-state index in [2.05, 4.69) is 24.3 Å². The quantitative estimate of drug-likeness (QED) is 0.698. The lowest BCUT2D eigenvalue weighted by molar-refractivity contribution is 0.109. The number of aromatic hydroxyl groups is 1. The van der Waals surface area contributed by atoms with Gasteiger partial charge in [0.1, 0.15) is 12.4 Å². The van der Waals surface area contributed by atoms with Crippen LogP contribution < -0.4 is 0 Å². The van der Waals surface area contributed by atoms with Crippen LogP contribution in [0, 0.1) is 0 Å². The SMILES string of the molecule is CN(CCc1ccc(O)cc1)C(=O)OCC1c2ccccc2-c2ccccc21. The molecule has 142 valence electrons. The molecule has 0 fully saturated rings. The van der Waals surface area contributed by atoms with Gasteiger partial charge >= 0.3 is 6.09 Å². The first kappa shape index (κ1) is 18.1. The molecule has 4 heteroatoms. The van der Waals surface area contributed by atoms with Crippen molar-refractivity contribution in [2.24, 2.45) is 0 Å². The van der Waals surface area contributed by atoms with Crippen molar-refractivity contribution in [3.05, 3.63) is 89.5 Å². The third kappa shape index (κ3) is 3.58. The monoisotopic (exact) mass is 373 g/mol. The molecule has 0 bridgehead atoms. The first-order valence-electron chi connectivity index (χ1n) is 9.47. The number of benzene rings is 3. The van der Waals surface area contributed by atoms with E-state index in [4.69, 9.17) is 4.74 Å². The summed E-state index contributed by atoms with van der Waals surface area (Å²) in [5, 5.41) is 9.35. The number of fused-ring (bicyclic) bond motifs is 3. The van der Waals surface area contributed by atoms with Crippen LogP contribution in [0.4, 0.5) is 4.79 Å². The number of amides is 1. The average molecular weight is 373 g/mol. The maximum atomic E-state index is 12.5. The summed E-state index contributed by atoms with van der Waals surface area (Å²) in [7, 11) is 1.75. The summed E-state index contributed by atoms with van der Waals surface area (Å²) in [6, 6.07) is 23.7. The van der Waals surface area contributed by atoms with Crippen molar-refractivity contribution in [3.63, 3.8) is 0 Å². The van der Waals surface area contributed by atoms with Gasteiger partial charge in [-0.3, -0.25) is 0 Å². The van der Waals surface area contributed by atoms with E-state index in [1.807, 2.05) is 36.4 Å². The predicted molar refractivity (Wildman–Crippen MR) is 110 cm³/mol. The molecule has 0 saturated carbocycles. The number of phenolic OH excluding ortho intramolecular Hbond substituents is 1. The fourth-order valence-electron chi connectivity index (χ4n) is 3.75. The topological polar surface area (TPSA) is 49.8 Å². The molecule has 1 amide bonds. The number of ether oxygens (including phenoxy) is 1. The molecule has 28 heavy (non-hydrogen) atoms. The molecular weight excluding hydrogens is 350 g/mol. The highest BCUT2D eigenvalue weighted by molar-refractivity contribution is 5.79. The van der Waals surface area contributed by atoms with Crippen molar-refractivity contribution >= 4 is 6.09 Å². The molecule has 3 aromatic carbocycles. The van der Waals surface area contributed by atoms with Crippen LogP contribution in [-0.4, -0.2) is 36.3 Å². The van der Waals surface area contributed by atoms with E-state index < -0.39 is 0 Å². The lowest BCUT2D eigenvalue weighted by Crippen LogP contribution is -2.30. The van der Waals surface area contributed by atoms with E-state index in [-0.39, 0.29) is 17.8 Å². The summed E-state index contributed by atoms with van der Waals surface area (Å²) < 4.78 is 5.66. The summed E-state index contributed by atoms with van der Waals surface area (Å²) in [4.78, 5) is 14.1. The van der Waals surface area contributed by atoms with Crippen molar-refractivity contribution in [2.75, 3.05) is 20.2 Å². The van der Waals surface area contributed by atoms with Gasteiger partial charge in [-0.15, -0.1) is 0 Å². The zero-order valence-electron chi connectivity index (χ0n) is 15.8. The van der Waals surface area contributed by atoms with Crippen LogP contribution in [0.15, 0.2) is 72.8 Å². The van der Waals surface area contributed by atoms with Crippen LogP contribution in [0.3, 0.4) is 0 Å². The Morgan fingerprint density at radius 1 is 0.929 bits per heavy atom. The minimum absolute atomic E-state index is 0.0712. The van der Waals surface area contributed by atoms with E-state index in [9.17, 15) is 9.90 Å². The van der Waals surface area contributed by atoms with Crippen LogP contribution in [0.5, 0.6) is 5.75 Å². The molecule has 1 aliphatic rings. The van der Waals surface area contributed by atoms with Gasteiger partial charge in [-0.05, 0) is 46.4 Å². The van der Waals surface area contributed by atoms with Crippen molar-refractivity contribution < 1.29 is 14.6 Å². The smallest absolute Gasteiger partial charge is 0.409 e. The first-order valence-corrected chi connectivity index (χ1v) is 9.47.